The van der Waals surface area contributed by atoms with Crippen molar-refractivity contribution in [3.05, 3.63) is 0 Å². The van der Waals surface area contributed by atoms with Gasteiger partial charge < -0.3 is 19.5 Å². The summed E-state index contributed by atoms with van der Waals surface area (Å²) < 4.78 is 10.5. The van der Waals surface area contributed by atoms with Crippen LogP contribution in [0.15, 0.2) is 0 Å². The van der Waals surface area contributed by atoms with Gasteiger partial charge in [-0.1, -0.05) is 0 Å². The van der Waals surface area contributed by atoms with Crippen molar-refractivity contribution >= 4 is 17.8 Å². The van der Waals surface area contributed by atoms with Crippen molar-refractivity contribution in [1.29, 1.82) is 0 Å². The molecule has 5 aliphatic rings. The molecular weight excluding hydrogens is 362 g/mol. The maximum absolute atomic E-state index is 12.9. The van der Waals surface area contributed by atoms with Crippen molar-refractivity contribution in [1.82, 2.24) is 4.90 Å². The van der Waals surface area contributed by atoms with E-state index in [-0.39, 0.29) is 30.4 Å². The van der Waals surface area contributed by atoms with Crippen LogP contribution in [0, 0.1) is 23.2 Å². The van der Waals surface area contributed by atoms with Gasteiger partial charge in [0.25, 0.3) is 5.91 Å². The molecule has 7 nitrogen and oxygen atoms in total. The third kappa shape index (κ3) is 3.65. The normalized spacial score (nSPS) is 37.0. The van der Waals surface area contributed by atoms with E-state index in [0.29, 0.717) is 50.8 Å². The minimum Gasteiger partial charge on any atom is -0.466 e. The summed E-state index contributed by atoms with van der Waals surface area (Å²) in [6, 6.07) is 0. The number of hydrogen-bond donors (Lipinski definition) is 1. The number of piperidine rings is 1. The Balaban J connectivity index is 1.28. The maximum atomic E-state index is 12.9. The standard InChI is InChI=1S/C21H31NO6/c1-2-27-18(24)16-3-5-22(6-4-16)17(23)12-28-19(25)20-8-14-7-15(9-20)11-21(26,10-14)13-20/h14-16,26H,2-13H2,1H3/t14-,15-,20?,21?/m0/s1. The molecule has 156 valence electrons. The Morgan fingerprint density at radius 3 is 2.25 bits per heavy atom. The van der Waals surface area contributed by atoms with Crippen LogP contribution in [-0.4, -0.2) is 59.8 Å². The Hall–Kier alpha value is -1.63. The zero-order valence-electron chi connectivity index (χ0n) is 16.7. The lowest BCUT2D eigenvalue weighted by atomic mass is 9.48. The summed E-state index contributed by atoms with van der Waals surface area (Å²) in [7, 11) is 0. The Kier molecular flexibility index (Phi) is 5.14. The zero-order valence-corrected chi connectivity index (χ0v) is 16.7. The molecule has 5 rings (SSSR count). The van der Waals surface area contributed by atoms with Crippen molar-refractivity contribution in [2.75, 3.05) is 26.3 Å². The lowest BCUT2D eigenvalue weighted by Gasteiger charge is -2.58. The highest BCUT2D eigenvalue weighted by molar-refractivity contribution is 5.83. The van der Waals surface area contributed by atoms with Gasteiger partial charge in [0.1, 0.15) is 0 Å². The first-order chi connectivity index (χ1) is 13.3. The average Bonchev–Trinajstić information content (AvgIpc) is 2.64. The summed E-state index contributed by atoms with van der Waals surface area (Å²) in [5.41, 5.74) is -1.32. The molecule has 0 aromatic rings. The Morgan fingerprint density at radius 1 is 1.04 bits per heavy atom. The third-order valence-corrected chi connectivity index (χ3v) is 7.26. The van der Waals surface area contributed by atoms with Gasteiger partial charge in [0.05, 0.1) is 23.5 Å². The Morgan fingerprint density at radius 2 is 1.68 bits per heavy atom. The number of carbonyl (C=O) groups is 3. The molecule has 0 radical (unpaired) electrons. The van der Waals surface area contributed by atoms with E-state index in [1.54, 1.807) is 11.8 Å². The number of nitrogens with zero attached hydrogens (tertiary/aromatic N) is 1. The molecule has 0 aromatic heterocycles. The van der Waals surface area contributed by atoms with Crippen LogP contribution in [-0.2, 0) is 23.9 Å². The van der Waals surface area contributed by atoms with Crippen molar-refractivity contribution in [2.45, 2.75) is 63.9 Å². The van der Waals surface area contributed by atoms with Crippen LogP contribution in [0.4, 0.5) is 0 Å². The van der Waals surface area contributed by atoms with E-state index in [2.05, 4.69) is 0 Å². The first-order valence-electron chi connectivity index (χ1n) is 10.7. The predicted octanol–water partition coefficient (Wildman–Crippen LogP) is 1.66. The van der Waals surface area contributed by atoms with Gasteiger partial charge in [-0.05, 0) is 70.1 Å². The SMILES string of the molecule is CCOC(=O)C1CCN(C(=O)COC(=O)C23C[C@@H]4C[C@H](CC(O)(C4)C2)C3)CC1. The predicted molar refractivity (Wildman–Crippen MR) is 99.0 cm³/mol. The van der Waals surface area contributed by atoms with Crippen LogP contribution in [0.5, 0.6) is 0 Å². The number of hydrogen-bond acceptors (Lipinski definition) is 6. The summed E-state index contributed by atoms with van der Waals surface area (Å²) in [6.45, 7) is 2.86. The van der Waals surface area contributed by atoms with E-state index in [1.165, 1.54) is 0 Å². The number of likely N-dealkylation sites (tertiary alicyclic amines) is 1. The molecule has 4 aliphatic carbocycles. The lowest BCUT2D eigenvalue weighted by molar-refractivity contribution is -0.197. The Bertz CT molecular complexity index is 639. The Labute approximate surface area is 165 Å². The molecule has 0 aromatic carbocycles. The second-order valence-corrected chi connectivity index (χ2v) is 9.45. The van der Waals surface area contributed by atoms with Gasteiger partial charge in [0.2, 0.25) is 0 Å². The van der Waals surface area contributed by atoms with Gasteiger partial charge in [0.15, 0.2) is 6.61 Å². The number of aliphatic hydroxyl groups is 1. The van der Waals surface area contributed by atoms with Crippen molar-refractivity contribution < 1.29 is 29.0 Å². The molecule has 0 unspecified atom stereocenters. The highest BCUT2D eigenvalue weighted by Crippen LogP contribution is 2.61. The molecule has 2 atom stereocenters. The lowest BCUT2D eigenvalue weighted by Crippen LogP contribution is -2.58. The second kappa shape index (κ2) is 7.32. The van der Waals surface area contributed by atoms with Gasteiger partial charge in [-0.25, -0.2) is 0 Å². The van der Waals surface area contributed by atoms with Gasteiger partial charge in [-0.15, -0.1) is 0 Å². The molecule has 7 heteroatoms. The fraction of sp³-hybridized carbons (Fsp3) is 0.857. The van der Waals surface area contributed by atoms with Crippen LogP contribution in [0.25, 0.3) is 0 Å². The summed E-state index contributed by atoms with van der Waals surface area (Å²) in [5, 5.41) is 10.8. The molecule has 5 fully saturated rings. The highest BCUT2D eigenvalue weighted by atomic mass is 16.5. The molecule has 4 saturated carbocycles. The first kappa shape index (κ1) is 19.7. The molecule has 1 amide bonds. The first-order valence-corrected chi connectivity index (χ1v) is 10.7. The van der Waals surface area contributed by atoms with Gasteiger partial charge in [-0.3, -0.25) is 14.4 Å². The van der Waals surface area contributed by atoms with E-state index in [9.17, 15) is 19.5 Å². The molecule has 0 spiro atoms. The smallest absolute Gasteiger partial charge is 0.312 e. The van der Waals surface area contributed by atoms with E-state index >= 15 is 0 Å². The van der Waals surface area contributed by atoms with Crippen LogP contribution in [0.2, 0.25) is 0 Å². The zero-order chi connectivity index (χ0) is 19.9. The van der Waals surface area contributed by atoms with Gasteiger partial charge in [0, 0.05) is 13.1 Å². The van der Waals surface area contributed by atoms with Gasteiger partial charge in [-0.2, -0.15) is 0 Å². The number of rotatable bonds is 5. The largest absolute Gasteiger partial charge is 0.466 e. The molecule has 1 heterocycles. The molecule has 1 saturated heterocycles. The molecule has 28 heavy (non-hydrogen) atoms. The highest BCUT2D eigenvalue weighted by Gasteiger charge is 2.61. The summed E-state index contributed by atoms with van der Waals surface area (Å²) >= 11 is 0. The molecule has 1 N–H and O–H groups in total. The fourth-order valence-corrected chi connectivity index (χ4v) is 6.45. The second-order valence-electron chi connectivity index (χ2n) is 9.45. The van der Waals surface area contributed by atoms with Crippen LogP contribution >= 0.6 is 0 Å². The van der Waals surface area contributed by atoms with E-state index in [0.717, 1.165) is 32.1 Å². The van der Waals surface area contributed by atoms with E-state index < -0.39 is 11.0 Å². The minimum atomic E-state index is -0.720. The van der Waals surface area contributed by atoms with Gasteiger partial charge >= 0.3 is 11.9 Å². The van der Waals surface area contributed by atoms with Crippen LogP contribution in [0.3, 0.4) is 0 Å². The van der Waals surface area contributed by atoms with Crippen molar-refractivity contribution in [2.24, 2.45) is 23.2 Å². The molecule has 4 bridgehead atoms. The van der Waals surface area contributed by atoms with Crippen molar-refractivity contribution in [3.8, 4) is 0 Å². The third-order valence-electron chi connectivity index (χ3n) is 7.26. The summed E-state index contributed by atoms with van der Waals surface area (Å²) in [5.74, 6) is -0.0678. The van der Waals surface area contributed by atoms with E-state index in [1.807, 2.05) is 0 Å². The number of ether oxygens (including phenoxy) is 2. The monoisotopic (exact) mass is 393 g/mol. The maximum Gasteiger partial charge on any atom is 0.312 e. The molecular formula is C21H31NO6. The summed E-state index contributed by atoms with van der Waals surface area (Å²) in [6.07, 6.45) is 5.90. The van der Waals surface area contributed by atoms with Crippen LogP contribution in [0.1, 0.15) is 58.3 Å². The average molecular weight is 393 g/mol. The number of amides is 1. The fourth-order valence-electron chi connectivity index (χ4n) is 6.45. The number of esters is 2. The quantitative estimate of drug-likeness (QED) is 0.714. The minimum absolute atomic E-state index is 0.153. The van der Waals surface area contributed by atoms with Crippen LogP contribution < -0.4 is 0 Å². The van der Waals surface area contributed by atoms with E-state index in [4.69, 9.17) is 9.47 Å². The topological polar surface area (TPSA) is 93.1 Å². The summed E-state index contributed by atoms with van der Waals surface area (Å²) in [4.78, 5) is 38.8. The number of carbonyl (C=O) groups excluding carboxylic acids is 3. The molecule has 1 aliphatic heterocycles. The van der Waals surface area contributed by atoms with Crippen molar-refractivity contribution in [3.63, 3.8) is 0 Å².